The van der Waals surface area contributed by atoms with Gasteiger partial charge in [-0.3, -0.25) is 20.9 Å². The molecule has 3 N–H and O–H groups in total. The maximum absolute atomic E-state index is 13.1. The first-order valence-electron chi connectivity index (χ1n) is 5.73. The predicted molar refractivity (Wildman–Crippen MR) is 65.8 cm³/mol. The molecule has 0 spiro atoms. The van der Waals surface area contributed by atoms with Crippen LogP contribution in [0.3, 0.4) is 0 Å². The summed E-state index contributed by atoms with van der Waals surface area (Å²) in [4.78, 5) is 3.83. The zero-order valence-electron chi connectivity index (χ0n) is 10.2. The van der Waals surface area contributed by atoms with Crippen LogP contribution in [0.2, 0.25) is 0 Å². The van der Waals surface area contributed by atoms with Gasteiger partial charge in [-0.2, -0.15) is 5.10 Å². The van der Waals surface area contributed by atoms with Gasteiger partial charge in [-0.25, -0.2) is 4.39 Å². The van der Waals surface area contributed by atoms with Crippen LogP contribution in [0.4, 0.5) is 4.39 Å². The van der Waals surface area contributed by atoms with Crippen molar-refractivity contribution in [3.8, 4) is 0 Å². The highest BCUT2D eigenvalue weighted by atomic mass is 19.1. The van der Waals surface area contributed by atoms with Crippen LogP contribution in [-0.4, -0.2) is 14.8 Å². The molecule has 2 heterocycles. The summed E-state index contributed by atoms with van der Waals surface area (Å²) in [6, 6.07) is 1.33. The number of nitrogens with two attached hydrogens (primary N) is 1. The molecule has 0 aromatic carbocycles. The molecule has 0 bridgehead atoms. The molecule has 1 unspecified atom stereocenters. The molecule has 0 saturated heterocycles. The summed E-state index contributed by atoms with van der Waals surface area (Å²) in [6.45, 7) is 0. The first kappa shape index (κ1) is 12.7. The van der Waals surface area contributed by atoms with E-state index in [1.54, 1.807) is 10.9 Å². The van der Waals surface area contributed by atoms with E-state index in [0.717, 1.165) is 24.0 Å². The fourth-order valence-electron chi connectivity index (χ4n) is 1.88. The average molecular weight is 249 g/mol. The molecule has 18 heavy (non-hydrogen) atoms. The summed E-state index contributed by atoms with van der Waals surface area (Å²) >= 11 is 0. The minimum absolute atomic E-state index is 0.117. The maximum atomic E-state index is 13.1. The third-order valence-electron chi connectivity index (χ3n) is 2.81. The number of nitrogens with one attached hydrogen (secondary N) is 1. The second-order valence-corrected chi connectivity index (χ2v) is 4.22. The molecular formula is C12H16FN5. The molecule has 0 amide bonds. The van der Waals surface area contributed by atoms with E-state index in [0.29, 0.717) is 0 Å². The number of pyridine rings is 1. The summed E-state index contributed by atoms with van der Waals surface area (Å²) in [7, 11) is 1.87. The smallest absolute Gasteiger partial charge is 0.141 e. The first-order chi connectivity index (χ1) is 8.69. The summed E-state index contributed by atoms with van der Waals surface area (Å²) in [5.41, 5.74) is 4.57. The van der Waals surface area contributed by atoms with Gasteiger partial charge in [0.15, 0.2) is 0 Å². The Hall–Kier alpha value is -1.79. The summed E-state index contributed by atoms with van der Waals surface area (Å²) in [6.07, 6.45) is 8.15. The van der Waals surface area contributed by atoms with Gasteiger partial charge in [-0.15, -0.1) is 0 Å². The van der Waals surface area contributed by atoms with Gasteiger partial charge in [0.25, 0.3) is 0 Å². The van der Waals surface area contributed by atoms with Crippen molar-refractivity contribution in [2.75, 3.05) is 0 Å². The van der Waals surface area contributed by atoms with Crippen molar-refractivity contribution in [1.29, 1.82) is 0 Å². The zero-order valence-corrected chi connectivity index (χ0v) is 10.2. The number of hydrogen-bond acceptors (Lipinski definition) is 4. The lowest BCUT2D eigenvalue weighted by Crippen LogP contribution is -2.28. The maximum Gasteiger partial charge on any atom is 0.141 e. The highest BCUT2D eigenvalue weighted by Gasteiger charge is 2.11. The van der Waals surface area contributed by atoms with E-state index in [1.807, 2.05) is 19.4 Å². The van der Waals surface area contributed by atoms with Crippen LogP contribution in [0.15, 0.2) is 30.9 Å². The quantitative estimate of drug-likeness (QED) is 0.615. The van der Waals surface area contributed by atoms with Gasteiger partial charge in [0.05, 0.1) is 12.4 Å². The summed E-state index contributed by atoms with van der Waals surface area (Å²) in [5, 5.41) is 4.10. The Kier molecular flexibility index (Phi) is 4.01. The van der Waals surface area contributed by atoms with Crippen molar-refractivity contribution in [2.24, 2.45) is 12.9 Å². The molecule has 0 aliphatic heterocycles. The van der Waals surface area contributed by atoms with E-state index in [4.69, 9.17) is 5.84 Å². The van der Waals surface area contributed by atoms with Crippen LogP contribution >= 0.6 is 0 Å². The van der Waals surface area contributed by atoms with E-state index >= 15 is 0 Å². The third kappa shape index (κ3) is 3.12. The van der Waals surface area contributed by atoms with Crippen molar-refractivity contribution in [1.82, 2.24) is 20.2 Å². The number of rotatable bonds is 5. The minimum Gasteiger partial charge on any atom is -0.276 e. The fourth-order valence-corrected chi connectivity index (χ4v) is 1.88. The topological polar surface area (TPSA) is 68.8 Å². The number of hydrazine groups is 1. The Bertz CT molecular complexity index is 511. The van der Waals surface area contributed by atoms with Gasteiger partial charge in [0.2, 0.25) is 0 Å². The lowest BCUT2D eigenvalue weighted by molar-refractivity contribution is 0.509. The fraction of sp³-hybridized carbons (Fsp3) is 0.333. The second-order valence-electron chi connectivity index (χ2n) is 4.22. The molecule has 2 aromatic heterocycles. The monoisotopic (exact) mass is 249 g/mol. The van der Waals surface area contributed by atoms with Gasteiger partial charge < -0.3 is 0 Å². The van der Waals surface area contributed by atoms with Gasteiger partial charge in [0, 0.05) is 25.5 Å². The molecule has 0 radical (unpaired) electrons. The van der Waals surface area contributed by atoms with E-state index in [1.165, 1.54) is 12.3 Å². The molecule has 2 rings (SSSR count). The van der Waals surface area contributed by atoms with Crippen LogP contribution in [0.25, 0.3) is 0 Å². The normalized spacial score (nSPS) is 12.6. The zero-order chi connectivity index (χ0) is 13.0. The van der Waals surface area contributed by atoms with Crippen molar-refractivity contribution in [3.05, 3.63) is 47.8 Å². The first-order valence-corrected chi connectivity index (χ1v) is 5.73. The Morgan fingerprint density at radius 2 is 2.28 bits per heavy atom. The Balaban J connectivity index is 2.01. The van der Waals surface area contributed by atoms with Crippen molar-refractivity contribution < 1.29 is 4.39 Å². The van der Waals surface area contributed by atoms with Crippen molar-refractivity contribution in [2.45, 2.75) is 18.9 Å². The molecule has 0 aliphatic rings. The van der Waals surface area contributed by atoms with Crippen LogP contribution in [-0.2, 0) is 13.5 Å². The van der Waals surface area contributed by atoms with Crippen LogP contribution in [0, 0.1) is 5.82 Å². The van der Waals surface area contributed by atoms with Gasteiger partial charge in [-0.1, -0.05) is 0 Å². The van der Waals surface area contributed by atoms with Crippen LogP contribution in [0.1, 0.15) is 23.6 Å². The third-order valence-corrected chi connectivity index (χ3v) is 2.81. The molecule has 6 heteroatoms. The Labute approximate surface area is 105 Å². The van der Waals surface area contributed by atoms with Gasteiger partial charge in [-0.05, 0) is 30.0 Å². The molecule has 0 aliphatic carbocycles. The van der Waals surface area contributed by atoms with Gasteiger partial charge in [0.1, 0.15) is 5.82 Å². The largest absolute Gasteiger partial charge is 0.276 e. The lowest BCUT2D eigenvalue weighted by atomic mass is 10.0. The number of aryl methyl sites for hydroxylation is 2. The van der Waals surface area contributed by atoms with E-state index < -0.39 is 0 Å². The average Bonchev–Trinajstić information content (AvgIpc) is 2.76. The second kappa shape index (κ2) is 5.70. The molecular weight excluding hydrogens is 233 g/mol. The molecule has 0 fully saturated rings. The van der Waals surface area contributed by atoms with Crippen molar-refractivity contribution >= 4 is 0 Å². The molecule has 2 aromatic rings. The predicted octanol–water partition coefficient (Wildman–Crippen LogP) is 1.09. The van der Waals surface area contributed by atoms with E-state index in [-0.39, 0.29) is 11.9 Å². The number of hydrogen-bond donors (Lipinski definition) is 2. The lowest BCUT2D eigenvalue weighted by Gasteiger charge is -2.15. The number of nitrogens with zero attached hydrogens (tertiary/aromatic N) is 3. The van der Waals surface area contributed by atoms with E-state index in [9.17, 15) is 4.39 Å². The highest BCUT2D eigenvalue weighted by Crippen LogP contribution is 2.18. The van der Waals surface area contributed by atoms with Gasteiger partial charge >= 0.3 is 0 Å². The molecule has 0 saturated carbocycles. The summed E-state index contributed by atoms with van der Waals surface area (Å²) in [5.74, 6) is 5.15. The van der Waals surface area contributed by atoms with E-state index in [2.05, 4.69) is 15.5 Å². The molecule has 96 valence electrons. The number of halogens is 1. The number of aromatic nitrogens is 3. The minimum atomic E-state index is -0.353. The standard InChI is InChI=1S/C12H16FN5/c1-18-8-9(5-16-18)2-3-12(17-14)10-4-11(13)7-15-6-10/h4-8,12,17H,2-3,14H2,1H3. The van der Waals surface area contributed by atoms with Crippen LogP contribution in [0.5, 0.6) is 0 Å². The van der Waals surface area contributed by atoms with Crippen molar-refractivity contribution in [3.63, 3.8) is 0 Å². The summed E-state index contributed by atoms with van der Waals surface area (Å²) < 4.78 is 14.8. The van der Waals surface area contributed by atoms with Crippen LogP contribution < -0.4 is 11.3 Å². The molecule has 1 atom stereocenters. The Morgan fingerprint density at radius 3 is 2.89 bits per heavy atom. The molecule has 5 nitrogen and oxygen atoms in total. The SMILES string of the molecule is Cn1cc(CCC(NN)c2cncc(F)c2)cn1. The Morgan fingerprint density at radius 1 is 1.44 bits per heavy atom. The highest BCUT2D eigenvalue weighted by molar-refractivity contribution is 5.15.